The standard InChI is InChI=1S/C22H19F3N6O3/c1-4-34-21(33)17-11-27-31(18(17)22(23,24)25)15-7-5-14(6-8-15)28-20(32)13-9-16-12(2)29-30(3)19(16)26-10-13/h5-11H,4H2,1-3H3,(H,28,32). The summed E-state index contributed by atoms with van der Waals surface area (Å²) >= 11 is 0. The van der Waals surface area contributed by atoms with Gasteiger partial charge in [-0.15, -0.1) is 0 Å². The number of esters is 1. The molecule has 3 heterocycles. The summed E-state index contributed by atoms with van der Waals surface area (Å²) in [7, 11) is 1.75. The van der Waals surface area contributed by atoms with Crippen molar-refractivity contribution in [3.05, 3.63) is 65.2 Å². The number of carbonyl (C=O) groups excluding carboxylic acids is 2. The van der Waals surface area contributed by atoms with E-state index in [9.17, 15) is 22.8 Å². The first-order valence-corrected chi connectivity index (χ1v) is 10.1. The van der Waals surface area contributed by atoms with Crippen LogP contribution >= 0.6 is 0 Å². The van der Waals surface area contributed by atoms with Crippen molar-refractivity contribution >= 4 is 28.6 Å². The van der Waals surface area contributed by atoms with E-state index in [1.807, 2.05) is 6.92 Å². The minimum Gasteiger partial charge on any atom is -0.462 e. The molecule has 0 aliphatic heterocycles. The number of aromatic nitrogens is 5. The zero-order valence-electron chi connectivity index (χ0n) is 18.3. The average Bonchev–Trinajstić information content (AvgIpc) is 3.36. The zero-order chi connectivity index (χ0) is 24.6. The summed E-state index contributed by atoms with van der Waals surface area (Å²) < 4.78 is 47.9. The van der Waals surface area contributed by atoms with Gasteiger partial charge < -0.3 is 10.1 Å². The van der Waals surface area contributed by atoms with Gasteiger partial charge >= 0.3 is 12.1 Å². The van der Waals surface area contributed by atoms with Gasteiger partial charge in [0.1, 0.15) is 5.56 Å². The number of carbonyl (C=O) groups is 2. The molecule has 176 valence electrons. The maximum atomic E-state index is 13.7. The van der Waals surface area contributed by atoms with Crippen molar-refractivity contribution in [1.29, 1.82) is 0 Å². The Morgan fingerprint density at radius 1 is 1.15 bits per heavy atom. The molecule has 0 spiro atoms. The second-order valence-corrected chi connectivity index (χ2v) is 7.34. The SMILES string of the molecule is CCOC(=O)c1cnn(-c2ccc(NC(=O)c3cnc4c(c3)c(C)nn4C)cc2)c1C(F)(F)F. The highest BCUT2D eigenvalue weighted by atomic mass is 19.4. The number of alkyl halides is 3. The maximum absolute atomic E-state index is 13.7. The van der Waals surface area contributed by atoms with Gasteiger partial charge in [0.05, 0.1) is 29.7 Å². The summed E-state index contributed by atoms with van der Waals surface area (Å²) in [6, 6.07) is 7.23. The number of hydrogen-bond donors (Lipinski definition) is 1. The fourth-order valence-corrected chi connectivity index (χ4v) is 3.50. The van der Waals surface area contributed by atoms with Gasteiger partial charge in [0.15, 0.2) is 11.3 Å². The lowest BCUT2D eigenvalue weighted by Crippen LogP contribution is -2.18. The maximum Gasteiger partial charge on any atom is 0.434 e. The van der Waals surface area contributed by atoms with E-state index in [1.165, 1.54) is 37.4 Å². The Balaban J connectivity index is 1.59. The first kappa shape index (κ1) is 23.0. The lowest BCUT2D eigenvalue weighted by Gasteiger charge is -2.13. The van der Waals surface area contributed by atoms with Gasteiger partial charge in [-0.2, -0.15) is 23.4 Å². The van der Waals surface area contributed by atoms with Crippen LogP contribution in [0.2, 0.25) is 0 Å². The lowest BCUT2D eigenvalue weighted by molar-refractivity contribution is -0.143. The third-order valence-electron chi connectivity index (χ3n) is 5.03. The Bertz CT molecular complexity index is 1390. The molecule has 34 heavy (non-hydrogen) atoms. The molecule has 12 heteroatoms. The van der Waals surface area contributed by atoms with Crippen LogP contribution in [0.1, 0.15) is 39.0 Å². The van der Waals surface area contributed by atoms with Gasteiger partial charge in [0, 0.05) is 24.3 Å². The van der Waals surface area contributed by atoms with E-state index in [0.717, 1.165) is 17.3 Å². The first-order chi connectivity index (χ1) is 16.1. The van der Waals surface area contributed by atoms with Crippen LogP contribution in [0.5, 0.6) is 0 Å². The zero-order valence-corrected chi connectivity index (χ0v) is 18.3. The van der Waals surface area contributed by atoms with Crippen molar-refractivity contribution in [3.8, 4) is 5.69 Å². The van der Waals surface area contributed by atoms with Crippen molar-refractivity contribution < 1.29 is 27.5 Å². The van der Waals surface area contributed by atoms with Crippen molar-refractivity contribution in [3.63, 3.8) is 0 Å². The van der Waals surface area contributed by atoms with Crippen LogP contribution in [0, 0.1) is 6.92 Å². The van der Waals surface area contributed by atoms with Crippen LogP contribution in [0.4, 0.5) is 18.9 Å². The van der Waals surface area contributed by atoms with Gasteiger partial charge in [-0.05, 0) is 44.2 Å². The van der Waals surface area contributed by atoms with Gasteiger partial charge in [-0.25, -0.2) is 14.5 Å². The molecule has 0 saturated carbocycles. The summed E-state index contributed by atoms with van der Waals surface area (Å²) in [5.41, 5.74) is 0.150. The quantitative estimate of drug-likeness (QED) is 0.442. The number of hydrogen-bond acceptors (Lipinski definition) is 6. The first-order valence-electron chi connectivity index (χ1n) is 10.1. The Morgan fingerprint density at radius 2 is 1.85 bits per heavy atom. The van der Waals surface area contributed by atoms with Gasteiger partial charge in [0.2, 0.25) is 0 Å². The molecule has 0 saturated heterocycles. The van der Waals surface area contributed by atoms with Gasteiger partial charge in [-0.3, -0.25) is 9.48 Å². The molecule has 0 aliphatic rings. The number of rotatable bonds is 5. The van der Waals surface area contributed by atoms with E-state index in [1.54, 1.807) is 17.8 Å². The summed E-state index contributed by atoms with van der Waals surface area (Å²) in [6.07, 6.45) is -2.61. The molecule has 0 radical (unpaired) electrons. The summed E-state index contributed by atoms with van der Waals surface area (Å²) in [5, 5.41) is 11.4. The third-order valence-corrected chi connectivity index (χ3v) is 5.03. The molecule has 0 unspecified atom stereocenters. The molecule has 9 nitrogen and oxygen atoms in total. The van der Waals surface area contributed by atoms with E-state index < -0.39 is 29.3 Å². The molecular weight excluding hydrogens is 453 g/mol. The molecule has 0 bridgehead atoms. The van der Waals surface area contributed by atoms with Crippen LogP contribution in [-0.2, 0) is 18.0 Å². The lowest BCUT2D eigenvalue weighted by atomic mass is 10.2. The van der Waals surface area contributed by atoms with Crippen molar-refractivity contribution in [2.75, 3.05) is 11.9 Å². The molecule has 0 atom stereocenters. The number of ether oxygens (including phenoxy) is 1. The average molecular weight is 472 g/mol. The molecule has 3 aromatic heterocycles. The van der Waals surface area contributed by atoms with Crippen LogP contribution in [0.3, 0.4) is 0 Å². The van der Waals surface area contributed by atoms with Crippen LogP contribution in [-0.4, -0.2) is 43.0 Å². The van der Waals surface area contributed by atoms with Crippen LogP contribution in [0.15, 0.2) is 42.7 Å². The normalized spacial score (nSPS) is 11.6. The highest BCUT2D eigenvalue weighted by Gasteiger charge is 2.41. The number of nitrogens with zero attached hydrogens (tertiary/aromatic N) is 5. The number of anilines is 1. The largest absolute Gasteiger partial charge is 0.462 e. The molecule has 4 aromatic rings. The van der Waals surface area contributed by atoms with Crippen LogP contribution in [0.25, 0.3) is 16.7 Å². The minimum atomic E-state index is -4.85. The molecule has 4 rings (SSSR count). The van der Waals surface area contributed by atoms with Crippen molar-refractivity contribution in [2.45, 2.75) is 20.0 Å². The van der Waals surface area contributed by atoms with E-state index in [-0.39, 0.29) is 12.3 Å². The predicted octanol–water partition coefficient (Wildman–Crippen LogP) is 3.91. The topological polar surface area (TPSA) is 104 Å². The molecule has 0 fully saturated rings. The fraction of sp³-hybridized carbons (Fsp3) is 0.227. The van der Waals surface area contributed by atoms with E-state index >= 15 is 0 Å². The highest BCUT2D eigenvalue weighted by Crippen LogP contribution is 2.34. The summed E-state index contributed by atoms with van der Waals surface area (Å²) in [5.74, 6) is -1.55. The molecule has 0 aliphatic carbocycles. The second kappa shape index (κ2) is 8.61. The van der Waals surface area contributed by atoms with Crippen molar-refractivity contribution in [2.24, 2.45) is 7.05 Å². The number of pyridine rings is 1. The second-order valence-electron chi connectivity index (χ2n) is 7.34. The van der Waals surface area contributed by atoms with Crippen molar-refractivity contribution in [1.82, 2.24) is 24.5 Å². The Hall–Kier alpha value is -4.22. The third kappa shape index (κ3) is 4.21. The number of fused-ring (bicyclic) bond motifs is 1. The summed E-state index contributed by atoms with van der Waals surface area (Å²) in [4.78, 5) is 28.9. The monoisotopic (exact) mass is 472 g/mol. The smallest absolute Gasteiger partial charge is 0.434 e. The van der Waals surface area contributed by atoms with E-state index in [2.05, 4.69) is 20.5 Å². The van der Waals surface area contributed by atoms with E-state index in [4.69, 9.17) is 4.74 Å². The van der Waals surface area contributed by atoms with Gasteiger partial charge in [-0.1, -0.05) is 0 Å². The summed E-state index contributed by atoms with van der Waals surface area (Å²) in [6.45, 7) is 3.23. The minimum absolute atomic E-state index is 0.0509. The number of aryl methyl sites for hydroxylation is 2. The Morgan fingerprint density at radius 3 is 2.50 bits per heavy atom. The fourth-order valence-electron chi connectivity index (χ4n) is 3.50. The van der Waals surface area contributed by atoms with Gasteiger partial charge in [0.25, 0.3) is 5.91 Å². The molecule has 1 amide bonds. The van der Waals surface area contributed by atoms with E-state index in [0.29, 0.717) is 21.6 Å². The number of amides is 1. The number of halogens is 3. The molecular formula is C22H19F3N6O3. The Kier molecular flexibility index (Phi) is 5.82. The Labute approximate surface area is 191 Å². The molecule has 1 N–H and O–H groups in total. The number of nitrogens with one attached hydrogen (secondary N) is 1. The highest BCUT2D eigenvalue weighted by molar-refractivity contribution is 6.05. The van der Waals surface area contributed by atoms with Crippen LogP contribution < -0.4 is 5.32 Å². The molecule has 1 aromatic carbocycles. The predicted molar refractivity (Wildman–Crippen MR) is 116 cm³/mol. The number of benzene rings is 1.